The van der Waals surface area contributed by atoms with Crippen molar-refractivity contribution in [1.29, 1.82) is 0 Å². The number of nitrogens with two attached hydrogens (primary N) is 1. The molecule has 7 heteroatoms. The van der Waals surface area contributed by atoms with Crippen LogP contribution in [0, 0.1) is 5.82 Å². The van der Waals surface area contributed by atoms with Crippen molar-refractivity contribution >= 4 is 48.9 Å². The highest BCUT2D eigenvalue weighted by atomic mass is 32.1. The number of nitrogens with one attached hydrogen (secondary N) is 1. The van der Waals surface area contributed by atoms with E-state index in [-0.39, 0.29) is 5.82 Å². The van der Waals surface area contributed by atoms with Crippen molar-refractivity contribution in [2.45, 2.75) is 25.7 Å². The number of carbonyl (C=O) groups is 1. The number of hydrogen-bond acceptors (Lipinski definition) is 5. The van der Waals surface area contributed by atoms with Crippen molar-refractivity contribution in [2.24, 2.45) is 5.73 Å². The molecule has 0 atom stereocenters. The minimum atomic E-state index is -0.417. The lowest BCUT2D eigenvalue weighted by atomic mass is 9.95. The summed E-state index contributed by atoms with van der Waals surface area (Å²) in [6, 6.07) is 4.89. The maximum atomic E-state index is 13.8. The normalized spacial score (nSPS) is 14.0. The molecule has 0 bridgehead atoms. The van der Waals surface area contributed by atoms with Crippen LogP contribution >= 0.6 is 22.7 Å². The van der Waals surface area contributed by atoms with E-state index in [1.54, 1.807) is 17.4 Å². The summed E-state index contributed by atoms with van der Waals surface area (Å²) in [5.74, 6) is -0.758. The third-order valence-electron chi connectivity index (χ3n) is 4.01. The average molecular weight is 347 g/mol. The molecule has 0 aliphatic heterocycles. The highest BCUT2D eigenvalue weighted by molar-refractivity contribution is 7.23. The lowest BCUT2D eigenvalue weighted by Gasteiger charge is -2.11. The van der Waals surface area contributed by atoms with Crippen LogP contribution in [-0.4, -0.2) is 10.9 Å². The van der Waals surface area contributed by atoms with E-state index in [9.17, 15) is 9.18 Å². The van der Waals surface area contributed by atoms with Gasteiger partial charge in [-0.1, -0.05) is 17.4 Å². The van der Waals surface area contributed by atoms with Gasteiger partial charge in [0.05, 0.1) is 10.3 Å². The number of primary amides is 1. The molecule has 118 valence electrons. The highest BCUT2D eigenvalue weighted by Gasteiger charge is 2.24. The van der Waals surface area contributed by atoms with E-state index in [2.05, 4.69) is 10.3 Å². The monoisotopic (exact) mass is 347 g/mol. The first-order valence-corrected chi connectivity index (χ1v) is 9.03. The van der Waals surface area contributed by atoms with E-state index in [0.29, 0.717) is 16.2 Å². The summed E-state index contributed by atoms with van der Waals surface area (Å²) >= 11 is 2.93. The smallest absolute Gasteiger partial charge is 0.251 e. The van der Waals surface area contributed by atoms with E-state index in [1.807, 2.05) is 6.07 Å². The van der Waals surface area contributed by atoms with Gasteiger partial charge in [-0.2, -0.15) is 0 Å². The largest absolute Gasteiger partial charge is 0.365 e. The van der Waals surface area contributed by atoms with Gasteiger partial charge >= 0.3 is 0 Å². The Morgan fingerprint density at radius 3 is 2.87 bits per heavy atom. The number of carbonyl (C=O) groups excluding carboxylic acids is 1. The van der Waals surface area contributed by atoms with Crippen molar-refractivity contribution in [3.8, 4) is 0 Å². The molecule has 1 aliphatic carbocycles. The number of fused-ring (bicyclic) bond motifs is 2. The molecule has 0 fully saturated rings. The van der Waals surface area contributed by atoms with Crippen LogP contribution in [0.1, 0.15) is 33.6 Å². The van der Waals surface area contributed by atoms with E-state index in [1.165, 1.54) is 22.3 Å². The summed E-state index contributed by atoms with van der Waals surface area (Å²) < 4.78 is 14.5. The molecular weight excluding hydrogens is 333 g/mol. The number of benzene rings is 1. The number of thiazole rings is 1. The number of nitrogens with zero attached hydrogens (tertiary/aromatic N) is 1. The number of anilines is 2. The zero-order valence-electron chi connectivity index (χ0n) is 12.2. The van der Waals surface area contributed by atoms with E-state index >= 15 is 0 Å². The van der Waals surface area contributed by atoms with E-state index in [4.69, 9.17) is 5.73 Å². The van der Waals surface area contributed by atoms with Gasteiger partial charge in [-0.15, -0.1) is 11.3 Å². The quantitative estimate of drug-likeness (QED) is 0.745. The summed E-state index contributed by atoms with van der Waals surface area (Å²) in [5, 5.41) is 4.49. The van der Waals surface area contributed by atoms with Crippen LogP contribution in [0.2, 0.25) is 0 Å². The van der Waals surface area contributed by atoms with Crippen LogP contribution in [0.4, 0.5) is 14.5 Å². The second kappa shape index (κ2) is 5.58. The standard InChI is InChI=1S/C16H14FN3OS2/c17-9-5-3-7-11-13(9)19-16(23-11)20-15-12(14(18)21)8-4-1-2-6-10(8)22-15/h3,5,7H,1-2,4,6H2,(H2,18,21)(H,19,20). The van der Waals surface area contributed by atoms with Gasteiger partial charge < -0.3 is 11.1 Å². The van der Waals surface area contributed by atoms with Gasteiger partial charge in [0, 0.05) is 4.88 Å². The van der Waals surface area contributed by atoms with E-state index in [0.717, 1.165) is 40.9 Å². The summed E-state index contributed by atoms with van der Waals surface area (Å²) in [7, 11) is 0. The van der Waals surface area contributed by atoms with Crippen molar-refractivity contribution in [1.82, 2.24) is 4.98 Å². The average Bonchev–Trinajstić information content (AvgIpc) is 3.08. The van der Waals surface area contributed by atoms with Crippen LogP contribution in [0.25, 0.3) is 10.2 Å². The molecule has 0 spiro atoms. The van der Waals surface area contributed by atoms with Crippen molar-refractivity contribution in [3.63, 3.8) is 0 Å². The van der Waals surface area contributed by atoms with Gasteiger partial charge in [-0.3, -0.25) is 4.79 Å². The molecule has 1 aliphatic rings. The Hall–Kier alpha value is -1.99. The summed E-state index contributed by atoms with van der Waals surface area (Å²) in [4.78, 5) is 17.4. The molecule has 3 aromatic rings. The Kier molecular flexibility index (Phi) is 3.54. The van der Waals surface area contributed by atoms with Crippen molar-refractivity contribution in [3.05, 3.63) is 40.0 Å². The maximum Gasteiger partial charge on any atom is 0.251 e. The van der Waals surface area contributed by atoms with Crippen molar-refractivity contribution < 1.29 is 9.18 Å². The van der Waals surface area contributed by atoms with Crippen LogP contribution in [0.15, 0.2) is 18.2 Å². The zero-order chi connectivity index (χ0) is 16.0. The molecule has 1 amide bonds. The summed E-state index contributed by atoms with van der Waals surface area (Å²) in [5.41, 5.74) is 7.58. The molecule has 0 saturated heterocycles. The second-order valence-corrected chi connectivity index (χ2v) is 7.65. The summed E-state index contributed by atoms with van der Waals surface area (Å²) in [6.45, 7) is 0. The third-order valence-corrected chi connectivity index (χ3v) is 6.15. The van der Waals surface area contributed by atoms with Crippen LogP contribution < -0.4 is 11.1 Å². The molecule has 23 heavy (non-hydrogen) atoms. The van der Waals surface area contributed by atoms with Crippen molar-refractivity contribution in [2.75, 3.05) is 5.32 Å². The fourth-order valence-electron chi connectivity index (χ4n) is 2.98. The predicted molar refractivity (Wildman–Crippen MR) is 92.3 cm³/mol. The van der Waals surface area contributed by atoms with Gasteiger partial charge in [0.1, 0.15) is 16.3 Å². The van der Waals surface area contributed by atoms with Gasteiger partial charge in [0.15, 0.2) is 5.13 Å². The molecule has 2 aromatic heterocycles. The number of para-hydroxylation sites is 1. The first-order valence-electron chi connectivity index (χ1n) is 7.40. The van der Waals surface area contributed by atoms with Crippen LogP contribution in [-0.2, 0) is 12.8 Å². The van der Waals surface area contributed by atoms with Crippen LogP contribution in [0.3, 0.4) is 0 Å². The van der Waals surface area contributed by atoms with Gasteiger partial charge in [0.2, 0.25) is 0 Å². The molecule has 3 N–H and O–H groups in total. The molecule has 4 rings (SSSR count). The zero-order valence-corrected chi connectivity index (χ0v) is 13.8. The topological polar surface area (TPSA) is 68.0 Å². The predicted octanol–water partition coefficient (Wildman–Crippen LogP) is 4.22. The van der Waals surface area contributed by atoms with E-state index < -0.39 is 5.91 Å². The van der Waals surface area contributed by atoms with Crippen LogP contribution in [0.5, 0.6) is 0 Å². The number of aryl methyl sites for hydroxylation is 1. The fourth-order valence-corrected chi connectivity index (χ4v) is 5.22. The second-order valence-electron chi connectivity index (χ2n) is 5.51. The Balaban J connectivity index is 1.77. The maximum absolute atomic E-state index is 13.8. The SMILES string of the molecule is NC(=O)c1c(Nc2nc3c(F)cccc3s2)sc2c1CCCC2. The number of thiophene rings is 1. The van der Waals surface area contributed by atoms with Gasteiger partial charge in [-0.25, -0.2) is 9.37 Å². The number of hydrogen-bond donors (Lipinski definition) is 2. The lowest BCUT2D eigenvalue weighted by molar-refractivity contribution is 0.100. The minimum absolute atomic E-state index is 0.340. The molecule has 0 unspecified atom stereocenters. The molecule has 2 heterocycles. The number of halogens is 1. The lowest BCUT2D eigenvalue weighted by Crippen LogP contribution is -2.15. The van der Waals surface area contributed by atoms with Gasteiger partial charge in [0.25, 0.3) is 5.91 Å². The number of rotatable bonds is 3. The van der Waals surface area contributed by atoms with Gasteiger partial charge in [-0.05, 0) is 43.4 Å². The Morgan fingerprint density at radius 1 is 1.26 bits per heavy atom. The summed E-state index contributed by atoms with van der Waals surface area (Å²) in [6.07, 6.45) is 4.09. The Labute approximate surface area is 140 Å². The molecule has 0 saturated carbocycles. The number of amides is 1. The number of aromatic nitrogens is 1. The Morgan fingerprint density at radius 2 is 2.09 bits per heavy atom. The molecule has 4 nitrogen and oxygen atoms in total. The highest BCUT2D eigenvalue weighted by Crippen LogP contribution is 2.40. The molecule has 1 aromatic carbocycles. The first kappa shape index (κ1) is 14.6. The minimum Gasteiger partial charge on any atom is -0.365 e. The Bertz CT molecular complexity index is 916. The first-order chi connectivity index (χ1) is 11.1. The molecular formula is C16H14FN3OS2. The fraction of sp³-hybridized carbons (Fsp3) is 0.250. The molecule has 0 radical (unpaired) electrons. The third kappa shape index (κ3) is 2.49.